The first-order valence-corrected chi connectivity index (χ1v) is 39.9. The molecule has 0 radical (unpaired) electrons. The Balaban J connectivity index is 0.0000000853. The Bertz CT molecular complexity index is 6770. The molecule has 4 heterocycles. The van der Waals surface area contributed by atoms with Crippen molar-refractivity contribution in [1.29, 1.82) is 0 Å². The summed E-state index contributed by atoms with van der Waals surface area (Å²) in [6.45, 7) is 0. The number of pyridine rings is 2. The van der Waals surface area contributed by atoms with E-state index < -0.39 is 0 Å². The smallest absolute Gasteiger partial charge is 0.135 e. The summed E-state index contributed by atoms with van der Waals surface area (Å²) < 4.78 is 5.65. The van der Waals surface area contributed by atoms with E-state index in [0.29, 0.717) is 0 Å². The number of para-hydroxylation sites is 4. The van der Waals surface area contributed by atoms with Gasteiger partial charge in [0.05, 0.1) is 16.4 Å². The molecule has 27 rings (SSSR count). The molecular weight excluding hydrogens is 1390 g/mol. The van der Waals surface area contributed by atoms with Gasteiger partial charge in [-0.2, -0.15) is 0 Å². The van der Waals surface area contributed by atoms with Crippen LogP contribution < -0.4 is 0 Å². The largest absolute Gasteiger partial charge is 0.456 e. The highest BCUT2D eigenvalue weighted by Crippen LogP contribution is 2.62. The molecule has 1 N–H and O–H groups in total. The van der Waals surface area contributed by atoms with Crippen LogP contribution in [0.15, 0.2) is 417 Å². The fourth-order valence-corrected chi connectivity index (χ4v) is 19.0. The van der Waals surface area contributed by atoms with Gasteiger partial charge >= 0.3 is 0 Å². The van der Waals surface area contributed by atoms with Crippen LogP contribution >= 0.6 is 0 Å². The minimum absolute atomic E-state index is 0.180. The Morgan fingerprint density at radius 1 is 0.217 bits per heavy atom. The normalized spacial score (nSPS) is 12.6. The zero-order valence-corrected chi connectivity index (χ0v) is 63.4. The zero-order valence-electron chi connectivity index (χ0n) is 63.4. The van der Waals surface area contributed by atoms with Crippen LogP contribution in [0.5, 0.6) is 0 Å². The first-order chi connectivity index (χ1) is 57.1. The Hall–Kier alpha value is -14.6. The summed E-state index contributed by atoms with van der Waals surface area (Å²) >= 11 is 0. The lowest BCUT2D eigenvalue weighted by molar-refractivity contribution is 0.669. The predicted molar refractivity (Wildman–Crippen MR) is 479 cm³/mol. The first kappa shape index (κ1) is 68.4. The SMILES string of the molecule is c1ccc2c(c1)-c1ccccc1C21c2ccccc2-c2ccccc21.c1ccc2c(c1)Cc1cc3c(cc1-2)Cc1ccccc1-3.c1ccc2c(c1)Cc1ccc3ccccc3c1-2.c1ccc2c(c1)Cc1ccccc1-2.c1ccc2c(c1)[nH]c1ccccc12.c1ccc2c(c1)oc1ccccc12.c1cnc2c(c1)ccc1cccnc12. The average molecular weight is 1470 g/mol. The van der Waals surface area contributed by atoms with E-state index in [4.69, 9.17) is 4.42 Å². The second kappa shape index (κ2) is 29.3. The number of H-pyrrole nitrogens is 1. The van der Waals surface area contributed by atoms with Crippen LogP contribution in [0.25, 0.3) is 143 Å². The average Bonchev–Trinajstić information content (AvgIpc) is 1.51. The summed E-state index contributed by atoms with van der Waals surface area (Å²) in [7, 11) is 0. The maximum atomic E-state index is 5.65. The second-order valence-electron chi connectivity index (χ2n) is 30.4. The maximum Gasteiger partial charge on any atom is 0.135 e. The van der Waals surface area contributed by atoms with Gasteiger partial charge in [0.15, 0.2) is 0 Å². The highest BCUT2D eigenvalue weighted by molar-refractivity contribution is 6.08. The van der Waals surface area contributed by atoms with Crippen molar-refractivity contribution in [3.63, 3.8) is 0 Å². The molecule has 0 saturated heterocycles. The van der Waals surface area contributed by atoms with Crippen molar-refractivity contribution in [1.82, 2.24) is 15.0 Å². The molecule has 21 aromatic rings. The van der Waals surface area contributed by atoms with Gasteiger partial charge in [-0.25, -0.2) is 0 Å². The number of aromatic amines is 1. The van der Waals surface area contributed by atoms with E-state index in [2.05, 4.69) is 367 Å². The quantitative estimate of drug-likeness (QED) is 0.154. The van der Waals surface area contributed by atoms with E-state index in [1.54, 1.807) is 12.4 Å². The minimum Gasteiger partial charge on any atom is -0.456 e. The van der Waals surface area contributed by atoms with Crippen molar-refractivity contribution in [2.45, 2.75) is 31.1 Å². The number of furan rings is 1. The van der Waals surface area contributed by atoms with Crippen LogP contribution in [0.1, 0.15) is 66.8 Å². The summed E-state index contributed by atoms with van der Waals surface area (Å²) in [6, 6.07) is 142. The number of fused-ring (bicyclic) bond motifs is 33. The van der Waals surface area contributed by atoms with E-state index in [0.717, 1.165) is 58.7 Å². The molecule has 4 aromatic heterocycles. The summed E-state index contributed by atoms with van der Waals surface area (Å²) in [5.74, 6) is 0. The van der Waals surface area contributed by atoms with E-state index >= 15 is 0 Å². The third kappa shape index (κ3) is 12.1. The molecule has 0 atom stereocenters. The molecule has 4 nitrogen and oxygen atoms in total. The van der Waals surface area contributed by atoms with Crippen molar-refractivity contribution in [2.24, 2.45) is 0 Å². The number of nitrogens with one attached hydrogen (secondary N) is 1. The molecule has 0 unspecified atom stereocenters. The number of nitrogens with zero attached hydrogens (tertiary/aromatic N) is 2. The molecule has 0 bridgehead atoms. The van der Waals surface area contributed by atoms with Crippen LogP contribution in [0.3, 0.4) is 0 Å². The summed E-state index contributed by atoms with van der Waals surface area (Å²) in [4.78, 5) is 12.1. The van der Waals surface area contributed by atoms with E-state index in [9.17, 15) is 0 Å². The van der Waals surface area contributed by atoms with Gasteiger partial charge in [-0.05, 0) is 219 Å². The van der Waals surface area contributed by atoms with Gasteiger partial charge in [0, 0.05) is 55.7 Å². The standard InChI is InChI=1S/C25H16.C20H14.C17H12.C13H10.C12H8N2.C12H9N.C12H8O/c1-5-13-21-17(9-1)18-10-2-6-14-22(18)25(21)23-15-7-3-11-19(23)20-12-4-8-16-24(20)25;1-3-7-17-13(5-1)9-15-11-20-16(12-19(15)17)10-14-6-2-4-8-18(14)20;1-3-7-15-12(5-1)9-10-14-11-13-6-2-4-8-16(13)17(14)15;1-3-7-12-10(5-1)9-11-6-2-4-8-13(11)12;1-3-9-5-6-10-4-2-8-14-12(10)11(9)13-7-1;2*1-3-7-11-9(5-1)10-6-2-4-8-12(10)13-11/h1-16H;1-8,11-12H,9-10H2;1-10H,11H2;1-8H,9H2;1-8H;1-8,13H;1-8H. The number of rotatable bonds is 0. The lowest BCUT2D eigenvalue weighted by atomic mass is 9.70. The number of hydrogen-bond donors (Lipinski definition) is 1. The lowest BCUT2D eigenvalue weighted by Crippen LogP contribution is -2.25. The van der Waals surface area contributed by atoms with Gasteiger partial charge in [-0.1, -0.05) is 352 Å². The topological polar surface area (TPSA) is 54.7 Å². The van der Waals surface area contributed by atoms with Crippen molar-refractivity contribution >= 4 is 76.3 Å². The van der Waals surface area contributed by atoms with E-state index in [1.165, 1.54) is 177 Å². The molecule has 17 aromatic carbocycles. The molecular formula is C111H77N3O. The summed E-state index contributed by atoms with van der Waals surface area (Å²) in [5.41, 5.74) is 40.4. The number of aromatic nitrogens is 3. The van der Waals surface area contributed by atoms with Crippen LogP contribution in [0, 0.1) is 0 Å². The van der Waals surface area contributed by atoms with Crippen LogP contribution in [-0.4, -0.2) is 15.0 Å². The summed E-state index contributed by atoms with van der Waals surface area (Å²) in [5, 5.41) is 9.99. The molecule has 115 heavy (non-hydrogen) atoms. The highest BCUT2D eigenvalue weighted by Gasteiger charge is 2.51. The molecule has 0 amide bonds. The Morgan fingerprint density at radius 2 is 0.522 bits per heavy atom. The second-order valence-corrected chi connectivity index (χ2v) is 30.4. The Kier molecular flexibility index (Phi) is 17.4. The lowest BCUT2D eigenvalue weighted by Gasteiger charge is -2.30. The van der Waals surface area contributed by atoms with Gasteiger partial charge in [0.25, 0.3) is 0 Å². The maximum absolute atomic E-state index is 5.65. The molecule has 542 valence electrons. The first-order valence-electron chi connectivity index (χ1n) is 39.9. The summed E-state index contributed by atoms with van der Waals surface area (Å²) in [6.07, 6.45) is 7.96. The highest BCUT2D eigenvalue weighted by atomic mass is 16.3. The number of benzene rings is 17. The molecule has 0 aliphatic heterocycles. The van der Waals surface area contributed by atoms with Crippen LogP contribution in [0.4, 0.5) is 0 Å². The molecule has 6 aliphatic rings. The van der Waals surface area contributed by atoms with E-state index in [1.807, 2.05) is 48.5 Å². The molecule has 6 aliphatic carbocycles. The zero-order chi connectivity index (χ0) is 76.2. The molecule has 1 spiro atoms. The Labute approximate surface area is 668 Å². The van der Waals surface area contributed by atoms with Gasteiger partial charge in [-0.15, -0.1) is 0 Å². The van der Waals surface area contributed by atoms with Crippen molar-refractivity contribution in [2.75, 3.05) is 0 Å². The predicted octanol–water partition coefficient (Wildman–Crippen LogP) is 28.2. The van der Waals surface area contributed by atoms with Crippen molar-refractivity contribution in [3.8, 4) is 66.8 Å². The van der Waals surface area contributed by atoms with Crippen LogP contribution in [0.2, 0.25) is 0 Å². The van der Waals surface area contributed by atoms with E-state index in [-0.39, 0.29) is 5.41 Å². The van der Waals surface area contributed by atoms with Gasteiger partial charge in [-0.3, -0.25) is 9.97 Å². The third-order valence-corrected chi connectivity index (χ3v) is 24.0. The Morgan fingerprint density at radius 3 is 0.965 bits per heavy atom. The number of hydrogen-bond acceptors (Lipinski definition) is 3. The fraction of sp³-hybridized carbons (Fsp3) is 0.0450. The fourth-order valence-electron chi connectivity index (χ4n) is 19.0. The van der Waals surface area contributed by atoms with Gasteiger partial charge in [0.1, 0.15) is 11.2 Å². The van der Waals surface area contributed by atoms with Crippen LogP contribution in [-0.2, 0) is 31.1 Å². The molecule has 4 heteroatoms. The van der Waals surface area contributed by atoms with Gasteiger partial charge in [0.2, 0.25) is 0 Å². The van der Waals surface area contributed by atoms with Crippen molar-refractivity contribution in [3.05, 3.63) is 480 Å². The minimum atomic E-state index is -0.180. The molecule has 0 saturated carbocycles. The van der Waals surface area contributed by atoms with Crippen molar-refractivity contribution < 1.29 is 4.42 Å². The monoisotopic (exact) mass is 1470 g/mol. The molecule has 0 fully saturated rings. The van der Waals surface area contributed by atoms with Gasteiger partial charge < -0.3 is 9.40 Å². The third-order valence-electron chi connectivity index (χ3n) is 24.0.